The molecule has 0 bridgehead atoms. The van der Waals surface area contributed by atoms with E-state index in [0.717, 1.165) is 45.4 Å². The number of carbonyl (C=O) groups is 1. The molecule has 0 amide bonds. The summed E-state index contributed by atoms with van der Waals surface area (Å²) in [5.41, 5.74) is -0.455. The SMILES string of the molecule is COC(=O)C(CC(C)C)(CC(C)C)N1CCCNCC1. The predicted octanol–water partition coefficient (Wildman–Crippen LogP) is 2.29. The van der Waals surface area contributed by atoms with Crippen LogP contribution in [0.1, 0.15) is 47.0 Å². The van der Waals surface area contributed by atoms with Crippen molar-refractivity contribution in [1.29, 1.82) is 0 Å². The highest BCUT2D eigenvalue weighted by Gasteiger charge is 2.45. The van der Waals surface area contributed by atoms with Crippen LogP contribution in [0.4, 0.5) is 0 Å². The van der Waals surface area contributed by atoms with Gasteiger partial charge in [-0.05, 0) is 37.6 Å². The molecule has 0 spiro atoms. The van der Waals surface area contributed by atoms with Crippen molar-refractivity contribution < 1.29 is 9.53 Å². The van der Waals surface area contributed by atoms with Crippen LogP contribution in [0.3, 0.4) is 0 Å². The van der Waals surface area contributed by atoms with Crippen LogP contribution < -0.4 is 5.32 Å². The zero-order chi connectivity index (χ0) is 15.2. The predicted molar refractivity (Wildman–Crippen MR) is 82.7 cm³/mol. The highest BCUT2D eigenvalue weighted by Crippen LogP contribution is 2.33. The number of ether oxygens (including phenoxy) is 1. The summed E-state index contributed by atoms with van der Waals surface area (Å²) in [6.45, 7) is 12.6. The normalized spacial score (nSPS) is 18.4. The van der Waals surface area contributed by atoms with E-state index in [0.29, 0.717) is 11.8 Å². The molecule has 1 aliphatic rings. The number of carbonyl (C=O) groups excluding carboxylic acids is 1. The summed E-state index contributed by atoms with van der Waals surface area (Å²) < 4.78 is 5.21. The maximum Gasteiger partial charge on any atom is 0.326 e. The molecule has 1 N–H and O–H groups in total. The molecule has 1 heterocycles. The highest BCUT2D eigenvalue weighted by molar-refractivity contribution is 5.80. The van der Waals surface area contributed by atoms with Gasteiger partial charge in [0.05, 0.1) is 7.11 Å². The third kappa shape index (κ3) is 4.45. The van der Waals surface area contributed by atoms with E-state index in [1.165, 1.54) is 7.11 Å². The van der Waals surface area contributed by atoms with Crippen LogP contribution in [-0.4, -0.2) is 49.7 Å². The van der Waals surface area contributed by atoms with Crippen LogP contribution in [0.2, 0.25) is 0 Å². The van der Waals surface area contributed by atoms with E-state index in [9.17, 15) is 4.79 Å². The average Bonchev–Trinajstić information content (AvgIpc) is 2.64. The molecule has 0 radical (unpaired) electrons. The Morgan fingerprint density at radius 3 is 2.25 bits per heavy atom. The summed E-state index contributed by atoms with van der Waals surface area (Å²) in [5.74, 6) is 0.898. The monoisotopic (exact) mass is 284 g/mol. The maximum absolute atomic E-state index is 12.6. The Morgan fingerprint density at radius 2 is 1.75 bits per heavy atom. The number of hydrogen-bond acceptors (Lipinski definition) is 4. The molecule has 1 fully saturated rings. The third-order valence-electron chi connectivity index (χ3n) is 4.00. The van der Waals surface area contributed by atoms with Crippen molar-refractivity contribution in [1.82, 2.24) is 10.2 Å². The Morgan fingerprint density at radius 1 is 1.15 bits per heavy atom. The van der Waals surface area contributed by atoms with Gasteiger partial charge in [-0.15, -0.1) is 0 Å². The summed E-state index contributed by atoms with van der Waals surface area (Å²) in [6.07, 6.45) is 2.84. The second-order valence-electron chi connectivity index (χ2n) is 6.81. The topological polar surface area (TPSA) is 41.6 Å². The van der Waals surface area contributed by atoms with Crippen molar-refractivity contribution in [3.8, 4) is 0 Å². The lowest BCUT2D eigenvalue weighted by molar-refractivity contribution is -0.158. The van der Waals surface area contributed by atoms with Gasteiger partial charge in [0.1, 0.15) is 5.54 Å². The van der Waals surface area contributed by atoms with Crippen LogP contribution in [0, 0.1) is 11.8 Å². The van der Waals surface area contributed by atoms with Gasteiger partial charge in [-0.2, -0.15) is 0 Å². The number of nitrogens with zero attached hydrogens (tertiary/aromatic N) is 1. The van der Waals surface area contributed by atoms with Crippen molar-refractivity contribution in [2.75, 3.05) is 33.3 Å². The van der Waals surface area contributed by atoms with Crippen LogP contribution >= 0.6 is 0 Å². The minimum absolute atomic E-state index is 0.0539. The van der Waals surface area contributed by atoms with Crippen molar-refractivity contribution in [3.05, 3.63) is 0 Å². The molecular formula is C16H32N2O2. The number of rotatable bonds is 6. The second-order valence-corrected chi connectivity index (χ2v) is 6.81. The van der Waals surface area contributed by atoms with Crippen molar-refractivity contribution in [2.45, 2.75) is 52.5 Å². The molecule has 0 atom stereocenters. The Bertz CT molecular complexity index is 285. The van der Waals surface area contributed by atoms with Gasteiger partial charge in [-0.3, -0.25) is 9.69 Å². The molecular weight excluding hydrogens is 252 g/mol. The Labute approximate surface area is 124 Å². The van der Waals surface area contributed by atoms with Gasteiger partial charge in [-0.1, -0.05) is 27.7 Å². The zero-order valence-electron chi connectivity index (χ0n) is 13.9. The fraction of sp³-hybridized carbons (Fsp3) is 0.938. The number of esters is 1. The van der Waals surface area contributed by atoms with Gasteiger partial charge in [0.15, 0.2) is 0 Å². The first-order chi connectivity index (χ1) is 9.42. The lowest BCUT2D eigenvalue weighted by atomic mass is 9.80. The Kier molecular flexibility index (Phi) is 6.96. The van der Waals surface area contributed by atoms with E-state index in [4.69, 9.17) is 4.74 Å². The summed E-state index contributed by atoms with van der Waals surface area (Å²) in [4.78, 5) is 15.0. The fourth-order valence-corrected chi connectivity index (χ4v) is 3.45. The average molecular weight is 284 g/mol. The fourth-order valence-electron chi connectivity index (χ4n) is 3.45. The molecule has 1 rings (SSSR count). The lowest BCUT2D eigenvalue weighted by Crippen LogP contribution is -2.57. The molecule has 20 heavy (non-hydrogen) atoms. The summed E-state index contributed by atoms with van der Waals surface area (Å²) in [7, 11) is 1.52. The minimum Gasteiger partial charge on any atom is -0.468 e. The third-order valence-corrected chi connectivity index (χ3v) is 4.00. The molecule has 0 saturated carbocycles. The molecule has 0 aromatic rings. The van der Waals surface area contributed by atoms with Crippen LogP contribution in [0.15, 0.2) is 0 Å². The molecule has 1 aliphatic heterocycles. The molecule has 0 unspecified atom stereocenters. The smallest absolute Gasteiger partial charge is 0.326 e. The van der Waals surface area contributed by atoms with E-state index in [1.807, 2.05) is 0 Å². The molecule has 0 aromatic carbocycles. The first-order valence-corrected chi connectivity index (χ1v) is 7.96. The second kappa shape index (κ2) is 7.99. The van der Waals surface area contributed by atoms with Gasteiger partial charge in [0, 0.05) is 19.6 Å². The summed E-state index contributed by atoms with van der Waals surface area (Å²) >= 11 is 0. The number of hydrogen-bond donors (Lipinski definition) is 1. The zero-order valence-corrected chi connectivity index (χ0v) is 13.9. The number of methoxy groups -OCH3 is 1. The van der Waals surface area contributed by atoms with Gasteiger partial charge in [-0.25, -0.2) is 0 Å². The van der Waals surface area contributed by atoms with E-state index in [2.05, 4.69) is 37.9 Å². The van der Waals surface area contributed by atoms with Crippen LogP contribution in [0.5, 0.6) is 0 Å². The van der Waals surface area contributed by atoms with Gasteiger partial charge in [0.25, 0.3) is 0 Å². The van der Waals surface area contributed by atoms with E-state index < -0.39 is 5.54 Å². The van der Waals surface area contributed by atoms with Crippen molar-refractivity contribution >= 4 is 5.97 Å². The largest absolute Gasteiger partial charge is 0.468 e. The Balaban J connectivity index is 3.07. The number of nitrogens with one attached hydrogen (secondary N) is 1. The van der Waals surface area contributed by atoms with E-state index in [1.54, 1.807) is 0 Å². The molecule has 0 aliphatic carbocycles. The van der Waals surface area contributed by atoms with Crippen molar-refractivity contribution in [3.63, 3.8) is 0 Å². The van der Waals surface area contributed by atoms with Crippen LogP contribution in [0.25, 0.3) is 0 Å². The van der Waals surface area contributed by atoms with Gasteiger partial charge < -0.3 is 10.1 Å². The lowest BCUT2D eigenvalue weighted by Gasteiger charge is -2.43. The quantitative estimate of drug-likeness (QED) is 0.760. The summed E-state index contributed by atoms with van der Waals surface area (Å²) in [5, 5.41) is 3.42. The molecule has 0 aromatic heterocycles. The van der Waals surface area contributed by atoms with Gasteiger partial charge in [0.2, 0.25) is 0 Å². The Hall–Kier alpha value is -0.610. The molecule has 4 nitrogen and oxygen atoms in total. The minimum atomic E-state index is -0.455. The maximum atomic E-state index is 12.6. The van der Waals surface area contributed by atoms with Gasteiger partial charge >= 0.3 is 5.97 Å². The van der Waals surface area contributed by atoms with Crippen molar-refractivity contribution in [2.24, 2.45) is 11.8 Å². The van der Waals surface area contributed by atoms with E-state index >= 15 is 0 Å². The highest BCUT2D eigenvalue weighted by atomic mass is 16.5. The summed E-state index contributed by atoms with van der Waals surface area (Å²) in [6, 6.07) is 0. The first kappa shape index (κ1) is 17.4. The molecule has 118 valence electrons. The van der Waals surface area contributed by atoms with E-state index in [-0.39, 0.29) is 5.97 Å². The van der Waals surface area contributed by atoms with Crippen LogP contribution in [-0.2, 0) is 9.53 Å². The molecule has 4 heteroatoms. The molecule has 1 saturated heterocycles. The first-order valence-electron chi connectivity index (χ1n) is 7.96. The standard InChI is InChI=1S/C16H32N2O2/c1-13(2)11-16(12-14(3)4,15(19)20-5)18-9-6-7-17-8-10-18/h13-14,17H,6-12H2,1-5H3.